The van der Waals surface area contributed by atoms with Gasteiger partial charge in [0.05, 0.1) is 15.1 Å². The van der Waals surface area contributed by atoms with E-state index >= 15 is 0 Å². The van der Waals surface area contributed by atoms with Gasteiger partial charge in [-0.1, -0.05) is 36.1 Å². The second-order valence-electron chi connectivity index (χ2n) is 5.35. The molecule has 6 nitrogen and oxygen atoms in total. The van der Waals surface area contributed by atoms with Crippen molar-refractivity contribution in [3.05, 3.63) is 47.1 Å². The zero-order chi connectivity index (χ0) is 18.3. The predicted molar refractivity (Wildman–Crippen MR) is 105 cm³/mol. The fraction of sp³-hybridized carbons (Fsp3) is 0.0588. The molecule has 1 saturated heterocycles. The molecule has 0 bridgehead atoms. The lowest BCUT2D eigenvalue weighted by molar-refractivity contribution is -0.140. The van der Waals surface area contributed by atoms with Crippen molar-refractivity contribution < 1.29 is 19.1 Å². The number of rotatable bonds is 4. The van der Waals surface area contributed by atoms with E-state index in [2.05, 4.69) is 4.98 Å². The van der Waals surface area contributed by atoms with Crippen LogP contribution >= 0.6 is 35.3 Å². The van der Waals surface area contributed by atoms with E-state index in [0.717, 1.165) is 31.9 Å². The molecule has 0 saturated carbocycles. The number of thioether (sulfide) groups is 1. The summed E-state index contributed by atoms with van der Waals surface area (Å²) in [5.41, 5.74) is 0.903. The Hall–Kier alpha value is -2.49. The van der Waals surface area contributed by atoms with Gasteiger partial charge in [0.2, 0.25) is 0 Å². The lowest BCUT2D eigenvalue weighted by atomic mass is 10.3. The van der Waals surface area contributed by atoms with Crippen LogP contribution in [0.5, 0.6) is 0 Å². The summed E-state index contributed by atoms with van der Waals surface area (Å²) in [5.74, 6) is -0.451. The number of carboxylic acids is 1. The Morgan fingerprint density at radius 2 is 2.12 bits per heavy atom. The topological polar surface area (TPSA) is 83.6 Å². The molecule has 3 aromatic rings. The molecule has 0 unspecified atom stereocenters. The number of nitrogens with zero attached hydrogens (tertiary/aromatic N) is 2. The number of aromatic nitrogens is 1. The van der Waals surface area contributed by atoms with E-state index in [1.165, 1.54) is 11.3 Å². The Bertz CT molecular complexity index is 1050. The molecule has 4 rings (SSSR count). The van der Waals surface area contributed by atoms with Gasteiger partial charge in [-0.2, -0.15) is 0 Å². The van der Waals surface area contributed by atoms with Crippen LogP contribution in [0.15, 0.2) is 45.7 Å². The maximum atomic E-state index is 12.3. The molecule has 1 N–H and O–H groups in total. The molecule has 0 aliphatic carbocycles. The summed E-state index contributed by atoms with van der Waals surface area (Å²) in [6.45, 7) is -0.447. The third-order valence-electron chi connectivity index (χ3n) is 3.57. The van der Waals surface area contributed by atoms with Crippen LogP contribution in [-0.2, 0) is 9.59 Å². The average molecular weight is 402 g/mol. The minimum atomic E-state index is -1.11. The number of hydrogen-bond acceptors (Lipinski definition) is 7. The molecule has 26 heavy (non-hydrogen) atoms. The maximum absolute atomic E-state index is 12.3. The second-order valence-corrected chi connectivity index (χ2v) is 8.06. The number of fused-ring (bicyclic) bond motifs is 1. The van der Waals surface area contributed by atoms with Crippen molar-refractivity contribution in [2.45, 2.75) is 0 Å². The van der Waals surface area contributed by atoms with Crippen LogP contribution in [0.25, 0.3) is 27.1 Å². The van der Waals surface area contributed by atoms with Gasteiger partial charge in [-0.3, -0.25) is 14.5 Å². The first-order valence-electron chi connectivity index (χ1n) is 7.44. The van der Waals surface area contributed by atoms with Gasteiger partial charge in [0.1, 0.15) is 16.6 Å². The molecular formula is C17H10N2O4S3. The molecule has 1 aliphatic heterocycles. The standard InChI is InChI=1S/C17H10N2O4S3/c20-14(21)8-19-16(22)13(26-17(19)24)7-9-5-6-11(23-9)15-18-10-3-1-2-4-12(10)25-15/h1-7H,8H2,(H,20,21)/b13-7-. The van der Waals surface area contributed by atoms with Crippen LogP contribution < -0.4 is 0 Å². The molecule has 0 radical (unpaired) electrons. The third kappa shape index (κ3) is 3.16. The van der Waals surface area contributed by atoms with Crippen molar-refractivity contribution in [2.24, 2.45) is 0 Å². The number of thiocarbonyl (C=S) groups is 1. The van der Waals surface area contributed by atoms with Gasteiger partial charge in [0.15, 0.2) is 10.8 Å². The molecule has 3 heterocycles. The predicted octanol–water partition coefficient (Wildman–Crippen LogP) is 3.84. The van der Waals surface area contributed by atoms with Gasteiger partial charge in [-0.25, -0.2) is 4.98 Å². The SMILES string of the molecule is O=C(O)CN1C(=O)/C(=C/c2ccc(-c3nc4ccccc4s3)o2)SC1=S. The summed E-state index contributed by atoms with van der Waals surface area (Å²) in [6, 6.07) is 11.4. The van der Waals surface area contributed by atoms with Crippen molar-refractivity contribution in [1.29, 1.82) is 0 Å². The van der Waals surface area contributed by atoms with Gasteiger partial charge in [0, 0.05) is 6.08 Å². The fourth-order valence-corrected chi connectivity index (χ4v) is 4.59. The molecule has 2 aromatic heterocycles. The fourth-order valence-electron chi connectivity index (χ4n) is 2.42. The summed E-state index contributed by atoms with van der Waals surface area (Å²) < 4.78 is 7.08. The number of furan rings is 1. The third-order valence-corrected chi connectivity index (χ3v) is 6.00. The number of thiazole rings is 1. The van der Waals surface area contributed by atoms with E-state index in [0.29, 0.717) is 16.4 Å². The largest absolute Gasteiger partial charge is 0.480 e. The number of amides is 1. The van der Waals surface area contributed by atoms with E-state index in [1.54, 1.807) is 18.2 Å². The van der Waals surface area contributed by atoms with Crippen molar-refractivity contribution in [3.8, 4) is 10.8 Å². The number of carbonyl (C=O) groups excluding carboxylic acids is 1. The first kappa shape index (κ1) is 17.0. The molecule has 1 aromatic carbocycles. The summed E-state index contributed by atoms with van der Waals surface area (Å²) >= 11 is 7.66. The molecule has 0 atom stereocenters. The highest BCUT2D eigenvalue weighted by atomic mass is 32.2. The smallest absolute Gasteiger partial charge is 0.323 e. The number of aliphatic carboxylic acids is 1. The quantitative estimate of drug-likeness (QED) is 0.524. The first-order valence-corrected chi connectivity index (χ1v) is 9.48. The van der Waals surface area contributed by atoms with E-state index in [4.69, 9.17) is 21.7 Å². The second kappa shape index (κ2) is 6.67. The van der Waals surface area contributed by atoms with Gasteiger partial charge in [0.25, 0.3) is 5.91 Å². The number of carbonyl (C=O) groups is 2. The van der Waals surface area contributed by atoms with E-state index in [9.17, 15) is 9.59 Å². The van der Waals surface area contributed by atoms with Crippen LogP contribution in [0.4, 0.5) is 0 Å². The number of para-hydroxylation sites is 1. The Labute approximate surface area is 161 Å². The summed E-state index contributed by atoms with van der Waals surface area (Å²) in [5, 5.41) is 9.62. The van der Waals surface area contributed by atoms with Crippen LogP contribution in [0, 0.1) is 0 Å². The molecule has 1 fully saturated rings. The lowest BCUT2D eigenvalue weighted by Gasteiger charge is -2.09. The Morgan fingerprint density at radius 1 is 1.31 bits per heavy atom. The highest BCUT2D eigenvalue weighted by Crippen LogP contribution is 2.35. The van der Waals surface area contributed by atoms with Crippen molar-refractivity contribution in [1.82, 2.24) is 9.88 Å². The molecule has 130 valence electrons. The molecule has 0 spiro atoms. The van der Waals surface area contributed by atoms with Gasteiger partial charge < -0.3 is 9.52 Å². The summed E-state index contributed by atoms with van der Waals surface area (Å²) in [7, 11) is 0. The van der Waals surface area contributed by atoms with Crippen molar-refractivity contribution in [3.63, 3.8) is 0 Å². The average Bonchev–Trinajstić information content (AvgIpc) is 3.29. The Kier molecular flexibility index (Phi) is 4.35. The highest BCUT2D eigenvalue weighted by molar-refractivity contribution is 8.26. The van der Waals surface area contributed by atoms with E-state index in [1.807, 2.05) is 24.3 Å². The van der Waals surface area contributed by atoms with Gasteiger partial charge in [-0.05, 0) is 24.3 Å². The number of carboxylic acid groups (broad SMARTS) is 1. The lowest BCUT2D eigenvalue weighted by Crippen LogP contribution is -2.33. The monoisotopic (exact) mass is 402 g/mol. The number of benzene rings is 1. The van der Waals surface area contributed by atoms with Gasteiger partial charge >= 0.3 is 5.97 Å². The van der Waals surface area contributed by atoms with Crippen molar-refractivity contribution >= 4 is 67.8 Å². The zero-order valence-corrected chi connectivity index (χ0v) is 15.5. The molecule has 1 amide bonds. The maximum Gasteiger partial charge on any atom is 0.323 e. The Morgan fingerprint density at radius 3 is 2.88 bits per heavy atom. The van der Waals surface area contributed by atoms with E-state index in [-0.39, 0.29) is 4.32 Å². The van der Waals surface area contributed by atoms with Gasteiger partial charge in [-0.15, -0.1) is 11.3 Å². The number of hydrogen-bond donors (Lipinski definition) is 1. The van der Waals surface area contributed by atoms with Crippen LogP contribution in [0.1, 0.15) is 5.76 Å². The van der Waals surface area contributed by atoms with Crippen molar-refractivity contribution in [2.75, 3.05) is 6.54 Å². The van der Waals surface area contributed by atoms with Crippen LogP contribution in [0.3, 0.4) is 0 Å². The van der Waals surface area contributed by atoms with Crippen LogP contribution in [0.2, 0.25) is 0 Å². The van der Waals surface area contributed by atoms with Crippen LogP contribution in [-0.4, -0.2) is 37.7 Å². The minimum Gasteiger partial charge on any atom is -0.480 e. The van der Waals surface area contributed by atoms with E-state index < -0.39 is 18.4 Å². The first-order chi connectivity index (χ1) is 12.5. The summed E-state index contributed by atoms with van der Waals surface area (Å²) in [6.07, 6.45) is 1.57. The zero-order valence-electron chi connectivity index (χ0n) is 13.0. The highest BCUT2D eigenvalue weighted by Gasteiger charge is 2.33. The molecule has 1 aliphatic rings. The summed E-state index contributed by atoms with van der Waals surface area (Å²) in [4.78, 5) is 29.1. The minimum absolute atomic E-state index is 0.224. The molecular weight excluding hydrogens is 392 g/mol. The molecule has 9 heteroatoms. The Balaban J connectivity index is 1.60. The normalized spacial score (nSPS) is 16.2.